The second kappa shape index (κ2) is 4.91. The molecule has 1 aliphatic heterocycles. The summed E-state index contributed by atoms with van der Waals surface area (Å²) in [5, 5.41) is 0. The SMILES string of the molecule is CC(C)N1C(=O)C(=O)[C@H](c2ccccc2F)[C@H]1C=O. The number of amides is 1. The molecule has 5 heteroatoms. The summed E-state index contributed by atoms with van der Waals surface area (Å²) in [4.78, 5) is 36.4. The van der Waals surface area contributed by atoms with Crippen LogP contribution in [0.15, 0.2) is 24.3 Å². The molecule has 0 N–H and O–H groups in total. The number of aldehydes is 1. The molecule has 4 nitrogen and oxygen atoms in total. The molecule has 0 aromatic heterocycles. The van der Waals surface area contributed by atoms with Gasteiger partial charge in [-0.1, -0.05) is 18.2 Å². The summed E-state index contributed by atoms with van der Waals surface area (Å²) in [6.45, 7) is 3.43. The Hall–Kier alpha value is -2.04. The number of likely N-dealkylation sites (tertiary alicyclic amines) is 1. The number of nitrogens with zero attached hydrogens (tertiary/aromatic N) is 1. The largest absolute Gasteiger partial charge is 0.323 e. The Kier molecular flexibility index (Phi) is 3.46. The number of carbonyl (C=O) groups is 3. The molecule has 2 rings (SSSR count). The monoisotopic (exact) mass is 263 g/mol. The van der Waals surface area contributed by atoms with Gasteiger partial charge < -0.3 is 9.69 Å². The summed E-state index contributed by atoms with van der Waals surface area (Å²) < 4.78 is 13.8. The van der Waals surface area contributed by atoms with Gasteiger partial charge in [-0.25, -0.2) is 4.39 Å². The number of ketones is 1. The molecule has 0 saturated carbocycles. The molecule has 0 spiro atoms. The summed E-state index contributed by atoms with van der Waals surface area (Å²) in [5.74, 6) is -3.07. The summed E-state index contributed by atoms with van der Waals surface area (Å²) in [6, 6.07) is 4.51. The molecule has 2 atom stereocenters. The molecule has 1 aromatic rings. The second-order valence-electron chi connectivity index (χ2n) is 4.80. The average molecular weight is 263 g/mol. The van der Waals surface area contributed by atoms with Crippen molar-refractivity contribution in [3.05, 3.63) is 35.6 Å². The van der Waals surface area contributed by atoms with Crippen LogP contribution in [0.1, 0.15) is 25.3 Å². The number of rotatable bonds is 3. The topological polar surface area (TPSA) is 54.5 Å². The van der Waals surface area contributed by atoms with Crippen LogP contribution >= 0.6 is 0 Å². The fourth-order valence-electron chi connectivity index (χ4n) is 2.49. The van der Waals surface area contributed by atoms with Crippen molar-refractivity contribution >= 4 is 18.0 Å². The smallest absolute Gasteiger partial charge is 0.291 e. The van der Waals surface area contributed by atoms with Crippen LogP contribution in [0.5, 0.6) is 0 Å². The number of halogens is 1. The van der Waals surface area contributed by atoms with E-state index in [9.17, 15) is 18.8 Å². The molecule has 1 aliphatic rings. The van der Waals surface area contributed by atoms with Gasteiger partial charge in [0.05, 0.1) is 5.92 Å². The Morgan fingerprint density at radius 2 is 1.89 bits per heavy atom. The van der Waals surface area contributed by atoms with Crippen molar-refractivity contribution in [3.63, 3.8) is 0 Å². The quantitative estimate of drug-likeness (QED) is 0.610. The van der Waals surface area contributed by atoms with Gasteiger partial charge in [0, 0.05) is 11.6 Å². The van der Waals surface area contributed by atoms with Crippen LogP contribution in [0.25, 0.3) is 0 Å². The zero-order chi connectivity index (χ0) is 14.2. The van der Waals surface area contributed by atoms with Crippen molar-refractivity contribution in [2.24, 2.45) is 0 Å². The van der Waals surface area contributed by atoms with Crippen LogP contribution in [0, 0.1) is 5.82 Å². The molecule has 100 valence electrons. The van der Waals surface area contributed by atoms with E-state index < -0.39 is 29.5 Å². The maximum Gasteiger partial charge on any atom is 0.291 e. The summed E-state index contributed by atoms with van der Waals surface area (Å²) in [7, 11) is 0. The van der Waals surface area contributed by atoms with Gasteiger partial charge in [0.2, 0.25) is 5.78 Å². The van der Waals surface area contributed by atoms with E-state index in [1.807, 2.05) is 0 Å². The fourth-order valence-corrected chi connectivity index (χ4v) is 2.49. The average Bonchev–Trinajstić information content (AvgIpc) is 2.63. The van der Waals surface area contributed by atoms with Gasteiger partial charge in [-0.15, -0.1) is 0 Å². The first-order valence-electron chi connectivity index (χ1n) is 6.05. The van der Waals surface area contributed by atoms with Gasteiger partial charge >= 0.3 is 0 Å². The second-order valence-corrected chi connectivity index (χ2v) is 4.80. The highest BCUT2D eigenvalue weighted by atomic mass is 19.1. The number of Topliss-reactive ketones (excluding diaryl/α,β-unsaturated/α-hetero) is 1. The van der Waals surface area contributed by atoms with E-state index in [-0.39, 0.29) is 11.6 Å². The highest BCUT2D eigenvalue weighted by Gasteiger charge is 2.49. The van der Waals surface area contributed by atoms with Crippen LogP contribution in [-0.4, -0.2) is 35.0 Å². The van der Waals surface area contributed by atoms with Crippen molar-refractivity contribution in [1.82, 2.24) is 4.90 Å². The van der Waals surface area contributed by atoms with Crippen LogP contribution in [0.4, 0.5) is 4.39 Å². The lowest BCUT2D eigenvalue weighted by Gasteiger charge is -2.26. The Morgan fingerprint density at radius 1 is 1.26 bits per heavy atom. The first-order chi connectivity index (χ1) is 8.99. The predicted molar refractivity (Wildman–Crippen MR) is 66.0 cm³/mol. The van der Waals surface area contributed by atoms with Crippen molar-refractivity contribution in [1.29, 1.82) is 0 Å². The lowest BCUT2D eigenvalue weighted by atomic mass is 9.91. The third kappa shape index (κ3) is 2.05. The zero-order valence-electron chi connectivity index (χ0n) is 10.7. The van der Waals surface area contributed by atoms with Gasteiger partial charge in [-0.2, -0.15) is 0 Å². The van der Waals surface area contributed by atoms with Crippen LogP contribution in [-0.2, 0) is 14.4 Å². The lowest BCUT2D eigenvalue weighted by Crippen LogP contribution is -2.41. The standard InChI is InChI=1S/C14H14FNO3/c1-8(2)16-11(7-17)12(13(18)14(16)19)9-5-3-4-6-10(9)15/h3-8,11-12H,1-2H3/t11-,12-/m1/s1. The van der Waals surface area contributed by atoms with E-state index in [1.165, 1.54) is 23.1 Å². The van der Waals surface area contributed by atoms with E-state index in [0.29, 0.717) is 6.29 Å². The normalized spacial score (nSPS) is 23.3. The van der Waals surface area contributed by atoms with E-state index in [1.54, 1.807) is 19.9 Å². The molecule has 19 heavy (non-hydrogen) atoms. The molecule has 1 amide bonds. The molecule has 0 radical (unpaired) electrons. The molecular formula is C14H14FNO3. The fraction of sp³-hybridized carbons (Fsp3) is 0.357. The first-order valence-corrected chi connectivity index (χ1v) is 6.05. The van der Waals surface area contributed by atoms with Crippen molar-refractivity contribution in [2.45, 2.75) is 31.8 Å². The third-order valence-electron chi connectivity index (χ3n) is 3.33. The van der Waals surface area contributed by atoms with Crippen molar-refractivity contribution in [3.8, 4) is 0 Å². The molecule has 1 fully saturated rings. The first kappa shape index (κ1) is 13.4. The minimum atomic E-state index is -1.05. The van der Waals surface area contributed by atoms with E-state index in [4.69, 9.17) is 0 Å². The predicted octanol–water partition coefficient (Wildman–Crippen LogP) is 1.30. The van der Waals surface area contributed by atoms with Crippen molar-refractivity contribution in [2.75, 3.05) is 0 Å². The third-order valence-corrected chi connectivity index (χ3v) is 3.33. The molecule has 0 unspecified atom stereocenters. The zero-order valence-corrected chi connectivity index (χ0v) is 10.7. The van der Waals surface area contributed by atoms with Crippen molar-refractivity contribution < 1.29 is 18.8 Å². The van der Waals surface area contributed by atoms with Gasteiger partial charge in [0.15, 0.2) is 0 Å². The van der Waals surface area contributed by atoms with Crippen LogP contribution in [0.2, 0.25) is 0 Å². The Balaban J connectivity index is 2.51. The Bertz CT molecular complexity index is 541. The minimum Gasteiger partial charge on any atom is -0.323 e. The molecule has 0 aliphatic carbocycles. The molecular weight excluding hydrogens is 249 g/mol. The summed E-state index contributed by atoms with van der Waals surface area (Å²) in [6.07, 6.45) is 0.542. The van der Waals surface area contributed by atoms with Crippen LogP contribution in [0.3, 0.4) is 0 Å². The van der Waals surface area contributed by atoms with Crippen LogP contribution < -0.4 is 0 Å². The van der Waals surface area contributed by atoms with Gasteiger partial charge in [0.1, 0.15) is 18.1 Å². The van der Waals surface area contributed by atoms with Gasteiger partial charge in [-0.3, -0.25) is 9.59 Å². The van der Waals surface area contributed by atoms with E-state index in [2.05, 4.69) is 0 Å². The molecule has 1 saturated heterocycles. The maximum atomic E-state index is 13.8. The number of benzene rings is 1. The van der Waals surface area contributed by atoms with Gasteiger partial charge in [-0.05, 0) is 19.9 Å². The Morgan fingerprint density at radius 3 is 2.42 bits per heavy atom. The molecule has 1 heterocycles. The van der Waals surface area contributed by atoms with E-state index in [0.717, 1.165) is 0 Å². The number of hydrogen-bond acceptors (Lipinski definition) is 3. The Labute approximate surface area is 110 Å². The van der Waals surface area contributed by atoms with E-state index >= 15 is 0 Å². The number of carbonyl (C=O) groups excluding carboxylic acids is 3. The lowest BCUT2D eigenvalue weighted by molar-refractivity contribution is -0.142. The molecule has 1 aromatic carbocycles. The molecule has 0 bridgehead atoms. The van der Waals surface area contributed by atoms with Gasteiger partial charge in [0.25, 0.3) is 5.91 Å². The summed E-state index contributed by atoms with van der Waals surface area (Å²) >= 11 is 0. The highest BCUT2D eigenvalue weighted by Crippen LogP contribution is 2.33. The maximum absolute atomic E-state index is 13.8. The highest BCUT2D eigenvalue weighted by molar-refractivity contribution is 6.41. The summed E-state index contributed by atoms with van der Waals surface area (Å²) in [5.41, 5.74) is 0.0982. The number of hydrogen-bond donors (Lipinski definition) is 0. The minimum absolute atomic E-state index is 0.0982.